The summed E-state index contributed by atoms with van der Waals surface area (Å²) in [6.45, 7) is 4.41. The number of unbranched alkanes of at least 4 members (excludes halogenated alkanes) is 1. The summed E-state index contributed by atoms with van der Waals surface area (Å²) in [6, 6.07) is 21.5. The first-order valence-corrected chi connectivity index (χ1v) is 12.8. The molecule has 0 saturated carbocycles. The normalized spacial score (nSPS) is 10.8. The van der Waals surface area contributed by atoms with Gasteiger partial charge in [-0.25, -0.2) is 9.78 Å². The number of rotatable bonds is 9. The smallest absolute Gasteiger partial charge is 1.00 e. The summed E-state index contributed by atoms with van der Waals surface area (Å²) in [5.74, 6) is 0.493. The van der Waals surface area contributed by atoms with Gasteiger partial charge in [-0.1, -0.05) is 73.1 Å². The Hall–Kier alpha value is -3.59. The van der Waals surface area contributed by atoms with Gasteiger partial charge in [-0.2, -0.15) is 0 Å². The second-order valence-corrected chi connectivity index (χ2v) is 9.26. The van der Waals surface area contributed by atoms with Crippen molar-refractivity contribution in [3.8, 4) is 22.5 Å². The van der Waals surface area contributed by atoms with Gasteiger partial charge in [0.05, 0.1) is 17.9 Å². The third-order valence-corrected chi connectivity index (χ3v) is 6.62. The van der Waals surface area contributed by atoms with Crippen LogP contribution in [0.1, 0.15) is 49.5 Å². The van der Waals surface area contributed by atoms with E-state index in [1.807, 2.05) is 73.7 Å². The molecule has 8 nitrogen and oxygen atoms in total. The maximum absolute atomic E-state index is 13.7. The molecule has 3 aromatic heterocycles. The van der Waals surface area contributed by atoms with Crippen LogP contribution >= 0.6 is 0 Å². The monoisotopic (exact) mass is 531 g/mol. The molecule has 0 aliphatic heterocycles. The molecule has 3 heterocycles. The Labute approximate surface area is 249 Å². The number of aryl methyl sites for hydroxylation is 2. The van der Waals surface area contributed by atoms with Crippen molar-refractivity contribution in [1.82, 2.24) is 24.7 Å². The molecule has 5 aromatic rings. The first kappa shape index (κ1) is 28.4. The molecule has 0 aliphatic carbocycles. The number of aromatic amines is 1. The van der Waals surface area contributed by atoms with Crippen LogP contribution in [0.25, 0.3) is 22.5 Å². The quantitative estimate of drug-likeness (QED) is 0.292. The van der Waals surface area contributed by atoms with Gasteiger partial charge in [0.15, 0.2) is 5.82 Å². The summed E-state index contributed by atoms with van der Waals surface area (Å²) >= 11 is 0. The van der Waals surface area contributed by atoms with Gasteiger partial charge >= 0.3 is 35.3 Å². The summed E-state index contributed by atoms with van der Waals surface area (Å²) in [6.07, 6.45) is 5.00. The summed E-state index contributed by atoms with van der Waals surface area (Å²) < 4.78 is 6.42. The van der Waals surface area contributed by atoms with Crippen LogP contribution in [-0.4, -0.2) is 24.7 Å². The molecule has 194 valence electrons. The van der Waals surface area contributed by atoms with Crippen molar-refractivity contribution in [3.05, 3.63) is 122 Å². The SMILES string of the molecule is CCCCc1nc(C)n(Cc2ccccn2)c(=O)c1Cc1ccc(-c2ccccc2-c2noc(=O)[nH]2)cc1.[H-].[Na+]. The average molecular weight is 532 g/mol. The van der Waals surface area contributed by atoms with Crippen molar-refractivity contribution in [3.63, 3.8) is 0 Å². The number of hydrogen-bond acceptors (Lipinski definition) is 6. The van der Waals surface area contributed by atoms with Gasteiger partial charge in [-0.3, -0.25) is 23.9 Å². The predicted molar refractivity (Wildman–Crippen MR) is 147 cm³/mol. The van der Waals surface area contributed by atoms with Gasteiger partial charge in [-0.05, 0) is 48.6 Å². The largest absolute Gasteiger partial charge is 1.00 e. The van der Waals surface area contributed by atoms with Crippen LogP contribution in [0.15, 0.2) is 87.0 Å². The Bertz CT molecular complexity index is 1660. The Morgan fingerprint density at radius 3 is 2.38 bits per heavy atom. The van der Waals surface area contributed by atoms with Gasteiger partial charge in [0.2, 0.25) is 0 Å². The summed E-state index contributed by atoms with van der Waals surface area (Å²) in [4.78, 5) is 37.1. The molecule has 0 aliphatic rings. The summed E-state index contributed by atoms with van der Waals surface area (Å²) in [7, 11) is 0. The Morgan fingerprint density at radius 2 is 1.72 bits per heavy atom. The van der Waals surface area contributed by atoms with E-state index in [0.29, 0.717) is 24.6 Å². The molecule has 0 amide bonds. The predicted octanol–water partition coefficient (Wildman–Crippen LogP) is 2.06. The third kappa shape index (κ3) is 6.53. The minimum atomic E-state index is -0.593. The molecular weight excluding hydrogens is 501 g/mol. The van der Waals surface area contributed by atoms with Crippen molar-refractivity contribution in [2.24, 2.45) is 0 Å². The van der Waals surface area contributed by atoms with Gasteiger partial charge < -0.3 is 1.43 Å². The number of hydrogen-bond donors (Lipinski definition) is 1. The first-order valence-electron chi connectivity index (χ1n) is 12.8. The van der Waals surface area contributed by atoms with E-state index in [1.54, 1.807) is 10.8 Å². The fraction of sp³-hybridized carbons (Fsp3) is 0.233. The van der Waals surface area contributed by atoms with Gasteiger partial charge in [0, 0.05) is 23.7 Å². The number of H-pyrrole nitrogens is 1. The van der Waals surface area contributed by atoms with E-state index < -0.39 is 5.76 Å². The molecule has 0 atom stereocenters. The van der Waals surface area contributed by atoms with Crippen molar-refractivity contribution in [2.75, 3.05) is 0 Å². The maximum atomic E-state index is 13.7. The molecule has 1 N–H and O–H groups in total. The van der Waals surface area contributed by atoms with Crippen LogP contribution < -0.4 is 40.9 Å². The summed E-state index contributed by atoms with van der Waals surface area (Å²) in [5, 5.41) is 3.84. The van der Waals surface area contributed by atoms with Crippen LogP contribution in [0, 0.1) is 6.92 Å². The zero-order valence-corrected chi connectivity index (χ0v) is 24.5. The van der Waals surface area contributed by atoms with Crippen molar-refractivity contribution < 1.29 is 35.5 Å². The van der Waals surface area contributed by atoms with E-state index in [1.165, 1.54) is 0 Å². The van der Waals surface area contributed by atoms with Crippen LogP contribution in [0.2, 0.25) is 0 Å². The topological polar surface area (TPSA) is 107 Å². The molecule has 0 bridgehead atoms. The van der Waals surface area contributed by atoms with Crippen molar-refractivity contribution >= 4 is 0 Å². The number of benzene rings is 2. The van der Waals surface area contributed by atoms with Crippen molar-refractivity contribution in [2.45, 2.75) is 46.1 Å². The molecule has 9 heteroatoms. The minimum absolute atomic E-state index is 0. The van der Waals surface area contributed by atoms with Crippen LogP contribution in [0.5, 0.6) is 0 Å². The molecular formula is C30H30N5NaO3. The van der Waals surface area contributed by atoms with E-state index in [4.69, 9.17) is 9.51 Å². The summed E-state index contributed by atoms with van der Waals surface area (Å²) in [5.41, 5.74) is 6.08. The minimum Gasteiger partial charge on any atom is -1.00 e. The zero-order chi connectivity index (χ0) is 26.5. The van der Waals surface area contributed by atoms with E-state index in [0.717, 1.165) is 58.5 Å². The Balaban J connectivity index is 0.00000220. The van der Waals surface area contributed by atoms with Gasteiger partial charge in [0.1, 0.15) is 5.82 Å². The fourth-order valence-corrected chi connectivity index (χ4v) is 4.62. The molecule has 5 rings (SSSR count). The molecule has 0 fully saturated rings. The second kappa shape index (κ2) is 13.0. The van der Waals surface area contributed by atoms with E-state index in [9.17, 15) is 9.59 Å². The van der Waals surface area contributed by atoms with Crippen LogP contribution in [0.4, 0.5) is 0 Å². The van der Waals surface area contributed by atoms with Crippen LogP contribution in [-0.2, 0) is 19.4 Å². The number of nitrogens with zero attached hydrogens (tertiary/aromatic N) is 4. The number of pyridine rings is 1. The van der Waals surface area contributed by atoms with E-state index in [2.05, 4.69) is 22.0 Å². The maximum Gasteiger partial charge on any atom is 1.00 e. The van der Waals surface area contributed by atoms with Gasteiger partial charge in [0.25, 0.3) is 5.56 Å². The molecule has 2 aromatic carbocycles. The number of aromatic nitrogens is 5. The van der Waals surface area contributed by atoms with E-state index in [-0.39, 0.29) is 36.5 Å². The zero-order valence-electron chi connectivity index (χ0n) is 23.5. The molecule has 0 radical (unpaired) electrons. The molecule has 0 saturated heterocycles. The van der Waals surface area contributed by atoms with E-state index >= 15 is 0 Å². The Kier molecular flexibility index (Phi) is 9.45. The van der Waals surface area contributed by atoms with Crippen LogP contribution in [0.3, 0.4) is 0 Å². The Morgan fingerprint density at radius 1 is 0.974 bits per heavy atom. The molecule has 0 spiro atoms. The average Bonchev–Trinajstić information content (AvgIpc) is 3.38. The van der Waals surface area contributed by atoms with Crippen molar-refractivity contribution in [1.29, 1.82) is 0 Å². The number of nitrogens with one attached hydrogen (secondary N) is 1. The fourth-order valence-electron chi connectivity index (χ4n) is 4.62. The molecule has 39 heavy (non-hydrogen) atoms. The molecule has 0 unspecified atom stereocenters. The first-order chi connectivity index (χ1) is 18.5. The second-order valence-electron chi connectivity index (χ2n) is 9.26. The third-order valence-electron chi connectivity index (χ3n) is 6.62. The standard InChI is InChI=1S/C30H29N5O3.Na.H/c1-3-4-12-27-26(29(36)35(20(2)32-27)19-23-9-7-8-17-31-23)18-21-13-15-22(16-14-21)24-10-5-6-11-25(24)28-33-30(37)38-34-28;;/h5-11,13-17H,3-4,12,18-19H2,1-2H3,(H,33,34,37);;/q;+1;-1. The van der Waals surface area contributed by atoms with Gasteiger partial charge in [-0.15, -0.1) is 0 Å².